The fourth-order valence-electron chi connectivity index (χ4n) is 1.65. The van der Waals surface area contributed by atoms with Crippen molar-refractivity contribution < 1.29 is 4.79 Å². The second-order valence-electron chi connectivity index (χ2n) is 3.96. The molecule has 2 aromatic rings. The number of hydrogen-bond donors (Lipinski definition) is 2. The van der Waals surface area contributed by atoms with Gasteiger partial charge in [-0.05, 0) is 19.1 Å². The van der Waals surface area contributed by atoms with Crippen molar-refractivity contribution in [2.45, 2.75) is 13.5 Å². The van der Waals surface area contributed by atoms with Gasteiger partial charge in [0.1, 0.15) is 0 Å². The minimum atomic E-state index is -0.0870. The maximum absolute atomic E-state index is 12.1. The van der Waals surface area contributed by atoms with Crippen molar-refractivity contribution >= 4 is 22.9 Å². The Bertz CT molecular complexity index is 537. The van der Waals surface area contributed by atoms with Crippen LogP contribution >= 0.6 is 11.3 Å². The highest BCUT2D eigenvalue weighted by molar-refractivity contribution is 7.07. The average molecular weight is 261 g/mol. The van der Waals surface area contributed by atoms with Crippen LogP contribution in [-0.4, -0.2) is 17.9 Å². The molecule has 2 rings (SSSR count). The van der Waals surface area contributed by atoms with Gasteiger partial charge in [-0.1, -0.05) is 11.6 Å². The standard InChI is InChI=1S/C13H15N3OS/c1-9-3-4-12(14-2)11(5-9)13(17)15-6-10-7-18-8-16-10/h3-5,7-8,14H,6H2,1-2H3,(H,15,17). The quantitative estimate of drug-likeness (QED) is 0.888. The second kappa shape index (κ2) is 5.64. The van der Waals surface area contributed by atoms with Crippen molar-refractivity contribution in [1.29, 1.82) is 0 Å². The zero-order chi connectivity index (χ0) is 13.0. The first kappa shape index (κ1) is 12.6. The van der Waals surface area contributed by atoms with Crippen LogP contribution in [-0.2, 0) is 6.54 Å². The normalized spacial score (nSPS) is 10.1. The Morgan fingerprint density at radius 3 is 2.94 bits per heavy atom. The predicted molar refractivity (Wildman–Crippen MR) is 74.0 cm³/mol. The highest BCUT2D eigenvalue weighted by Gasteiger charge is 2.10. The molecular weight excluding hydrogens is 246 g/mol. The molecule has 0 atom stereocenters. The Balaban J connectivity index is 2.10. The van der Waals surface area contributed by atoms with Gasteiger partial charge in [0, 0.05) is 18.1 Å². The molecule has 0 saturated heterocycles. The fourth-order valence-corrected chi connectivity index (χ4v) is 2.21. The summed E-state index contributed by atoms with van der Waals surface area (Å²) in [6.07, 6.45) is 0. The molecule has 0 aliphatic carbocycles. The smallest absolute Gasteiger partial charge is 0.253 e. The van der Waals surface area contributed by atoms with Gasteiger partial charge in [0.25, 0.3) is 5.91 Å². The van der Waals surface area contributed by atoms with Gasteiger partial charge in [-0.2, -0.15) is 0 Å². The molecule has 0 bridgehead atoms. The van der Waals surface area contributed by atoms with Gasteiger partial charge in [0.15, 0.2) is 0 Å². The van der Waals surface area contributed by atoms with Crippen molar-refractivity contribution in [2.75, 3.05) is 12.4 Å². The van der Waals surface area contributed by atoms with Crippen molar-refractivity contribution in [2.24, 2.45) is 0 Å². The number of amides is 1. The topological polar surface area (TPSA) is 54.0 Å². The third-order valence-corrected chi connectivity index (χ3v) is 3.24. The number of carbonyl (C=O) groups is 1. The van der Waals surface area contributed by atoms with Gasteiger partial charge in [0.05, 0.1) is 23.3 Å². The van der Waals surface area contributed by atoms with E-state index in [-0.39, 0.29) is 5.91 Å². The third kappa shape index (κ3) is 2.87. The summed E-state index contributed by atoms with van der Waals surface area (Å²) >= 11 is 1.52. The highest BCUT2D eigenvalue weighted by Crippen LogP contribution is 2.16. The average Bonchev–Trinajstić information content (AvgIpc) is 2.89. The van der Waals surface area contributed by atoms with Gasteiger partial charge in [-0.15, -0.1) is 11.3 Å². The molecule has 18 heavy (non-hydrogen) atoms. The summed E-state index contributed by atoms with van der Waals surface area (Å²) < 4.78 is 0. The minimum Gasteiger partial charge on any atom is -0.387 e. The molecule has 0 aliphatic heterocycles. The van der Waals surface area contributed by atoms with Gasteiger partial charge in [-0.25, -0.2) is 4.98 Å². The number of nitrogens with one attached hydrogen (secondary N) is 2. The molecule has 0 spiro atoms. The van der Waals surface area contributed by atoms with E-state index < -0.39 is 0 Å². The zero-order valence-electron chi connectivity index (χ0n) is 10.4. The molecule has 1 heterocycles. The molecule has 5 heteroatoms. The molecule has 0 saturated carbocycles. The Morgan fingerprint density at radius 2 is 2.28 bits per heavy atom. The molecule has 0 fully saturated rings. The lowest BCUT2D eigenvalue weighted by atomic mass is 10.1. The van der Waals surface area contributed by atoms with Crippen LogP contribution in [0.2, 0.25) is 0 Å². The molecule has 2 N–H and O–H groups in total. The van der Waals surface area contributed by atoms with Gasteiger partial charge in [-0.3, -0.25) is 4.79 Å². The summed E-state index contributed by atoms with van der Waals surface area (Å²) in [6, 6.07) is 5.76. The molecule has 1 aromatic heterocycles. The molecule has 0 aliphatic rings. The van der Waals surface area contributed by atoms with Crippen LogP contribution in [0, 0.1) is 6.92 Å². The lowest BCUT2D eigenvalue weighted by Crippen LogP contribution is -2.24. The first-order valence-electron chi connectivity index (χ1n) is 5.64. The highest BCUT2D eigenvalue weighted by atomic mass is 32.1. The van der Waals surface area contributed by atoms with Gasteiger partial charge >= 0.3 is 0 Å². The molecule has 1 aromatic carbocycles. The van der Waals surface area contributed by atoms with Crippen LogP contribution in [0.1, 0.15) is 21.6 Å². The summed E-state index contributed by atoms with van der Waals surface area (Å²) in [4.78, 5) is 16.2. The van der Waals surface area contributed by atoms with E-state index in [0.29, 0.717) is 12.1 Å². The molecule has 1 amide bonds. The van der Waals surface area contributed by atoms with E-state index in [4.69, 9.17) is 0 Å². The van der Waals surface area contributed by atoms with Crippen LogP contribution < -0.4 is 10.6 Å². The Hall–Kier alpha value is -1.88. The number of rotatable bonds is 4. The number of aromatic nitrogens is 1. The minimum absolute atomic E-state index is 0.0870. The summed E-state index contributed by atoms with van der Waals surface area (Å²) in [7, 11) is 1.81. The summed E-state index contributed by atoms with van der Waals surface area (Å²) in [6.45, 7) is 2.43. The van der Waals surface area contributed by atoms with Gasteiger partial charge < -0.3 is 10.6 Å². The number of hydrogen-bond acceptors (Lipinski definition) is 4. The second-order valence-corrected chi connectivity index (χ2v) is 4.68. The van der Waals surface area contributed by atoms with Crippen LogP contribution in [0.15, 0.2) is 29.1 Å². The largest absolute Gasteiger partial charge is 0.387 e. The van der Waals surface area contributed by atoms with E-state index in [2.05, 4.69) is 15.6 Å². The first-order valence-corrected chi connectivity index (χ1v) is 6.58. The van der Waals surface area contributed by atoms with E-state index in [1.807, 2.05) is 37.6 Å². The molecular formula is C13H15N3OS. The number of anilines is 1. The Kier molecular flexibility index (Phi) is 3.94. The first-order chi connectivity index (χ1) is 8.70. The maximum Gasteiger partial charge on any atom is 0.253 e. The Labute approximate surface area is 110 Å². The lowest BCUT2D eigenvalue weighted by molar-refractivity contribution is 0.0951. The number of benzene rings is 1. The number of carbonyl (C=O) groups excluding carboxylic acids is 1. The van der Waals surface area contributed by atoms with E-state index in [1.54, 1.807) is 5.51 Å². The summed E-state index contributed by atoms with van der Waals surface area (Å²) in [5, 5.41) is 7.82. The van der Waals surface area contributed by atoms with Crippen molar-refractivity contribution in [1.82, 2.24) is 10.3 Å². The van der Waals surface area contributed by atoms with E-state index in [9.17, 15) is 4.79 Å². The number of thiazole rings is 1. The predicted octanol–water partition coefficient (Wildman–Crippen LogP) is 2.42. The van der Waals surface area contributed by atoms with E-state index in [1.165, 1.54) is 11.3 Å². The summed E-state index contributed by atoms with van der Waals surface area (Å²) in [5.74, 6) is -0.0870. The molecule has 94 valence electrons. The van der Waals surface area contributed by atoms with E-state index in [0.717, 1.165) is 16.9 Å². The van der Waals surface area contributed by atoms with Crippen LogP contribution in [0.25, 0.3) is 0 Å². The fraction of sp³-hybridized carbons (Fsp3) is 0.231. The molecule has 0 unspecified atom stereocenters. The van der Waals surface area contributed by atoms with Crippen LogP contribution in [0.4, 0.5) is 5.69 Å². The number of nitrogens with zero attached hydrogens (tertiary/aromatic N) is 1. The third-order valence-electron chi connectivity index (χ3n) is 2.60. The Morgan fingerprint density at radius 1 is 1.44 bits per heavy atom. The van der Waals surface area contributed by atoms with Crippen molar-refractivity contribution in [3.05, 3.63) is 45.9 Å². The van der Waals surface area contributed by atoms with Crippen molar-refractivity contribution in [3.8, 4) is 0 Å². The SMILES string of the molecule is CNc1ccc(C)cc1C(=O)NCc1cscn1. The summed E-state index contributed by atoms with van der Waals surface area (Å²) in [5.41, 5.74) is 5.19. The van der Waals surface area contributed by atoms with Crippen molar-refractivity contribution in [3.63, 3.8) is 0 Å². The maximum atomic E-state index is 12.1. The lowest BCUT2D eigenvalue weighted by Gasteiger charge is -2.10. The van der Waals surface area contributed by atoms with Gasteiger partial charge in [0.2, 0.25) is 0 Å². The molecule has 4 nitrogen and oxygen atoms in total. The van der Waals surface area contributed by atoms with Crippen LogP contribution in [0.3, 0.4) is 0 Å². The molecule has 0 radical (unpaired) electrons. The van der Waals surface area contributed by atoms with E-state index >= 15 is 0 Å². The zero-order valence-corrected chi connectivity index (χ0v) is 11.2. The monoisotopic (exact) mass is 261 g/mol. The van der Waals surface area contributed by atoms with Crippen LogP contribution in [0.5, 0.6) is 0 Å². The number of aryl methyl sites for hydroxylation is 1.